The summed E-state index contributed by atoms with van der Waals surface area (Å²) >= 11 is 0. The van der Waals surface area contributed by atoms with Crippen LogP contribution in [0.2, 0.25) is 0 Å². The highest BCUT2D eigenvalue weighted by atomic mass is 16.5. The zero-order chi connectivity index (χ0) is 13.4. The van der Waals surface area contributed by atoms with Gasteiger partial charge in [-0.2, -0.15) is 0 Å². The average Bonchev–Trinajstić information content (AvgIpc) is 2.42. The Morgan fingerprint density at radius 2 is 2.28 bits per heavy atom. The number of anilines is 1. The highest BCUT2D eigenvalue weighted by Crippen LogP contribution is 2.10. The summed E-state index contributed by atoms with van der Waals surface area (Å²) in [5, 5.41) is 2.82. The molecule has 1 heterocycles. The van der Waals surface area contributed by atoms with Crippen LogP contribution in [0.25, 0.3) is 0 Å². The number of aryl methyl sites for hydroxylation is 1. The summed E-state index contributed by atoms with van der Waals surface area (Å²) in [5.74, 6) is 5.69. The molecule has 0 radical (unpaired) electrons. The number of ether oxygens (including phenoxy) is 1. The molecule has 18 heavy (non-hydrogen) atoms. The van der Waals surface area contributed by atoms with Crippen LogP contribution in [0.4, 0.5) is 5.82 Å². The summed E-state index contributed by atoms with van der Waals surface area (Å²) in [6, 6.07) is 3.40. The second-order valence-corrected chi connectivity index (χ2v) is 3.83. The van der Waals surface area contributed by atoms with E-state index in [2.05, 4.69) is 15.7 Å². The molecule has 0 fully saturated rings. The van der Waals surface area contributed by atoms with E-state index in [9.17, 15) is 4.79 Å². The lowest BCUT2D eigenvalue weighted by atomic mass is 10.2. The molecule has 6 heteroatoms. The van der Waals surface area contributed by atoms with Crippen LogP contribution in [0.1, 0.15) is 29.4 Å². The Balaban J connectivity index is 2.66. The molecule has 0 bridgehead atoms. The first kappa shape index (κ1) is 14.4. The molecule has 1 aromatic rings. The maximum absolute atomic E-state index is 11.9. The van der Waals surface area contributed by atoms with Gasteiger partial charge in [0.1, 0.15) is 5.82 Å². The van der Waals surface area contributed by atoms with Crippen molar-refractivity contribution in [3.8, 4) is 0 Å². The topological polar surface area (TPSA) is 89.3 Å². The van der Waals surface area contributed by atoms with Gasteiger partial charge in [-0.3, -0.25) is 4.79 Å². The lowest BCUT2D eigenvalue weighted by molar-refractivity contribution is 0.0948. The van der Waals surface area contributed by atoms with E-state index in [0.29, 0.717) is 24.5 Å². The second-order valence-electron chi connectivity index (χ2n) is 3.83. The van der Waals surface area contributed by atoms with Gasteiger partial charge in [0.15, 0.2) is 0 Å². The number of nitrogens with two attached hydrogens (primary N) is 1. The van der Waals surface area contributed by atoms with E-state index >= 15 is 0 Å². The van der Waals surface area contributed by atoms with E-state index in [0.717, 1.165) is 18.5 Å². The van der Waals surface area contributed by atoms with Crippen LogP contribution in [-0.4, -0.2) is 31.2 Å². The number of methoxy groups -OCH3 is 1. The molecule has 1 amide bonds. The van der Waals surface area contributed by atoms with Crippen molar-refractivity contribution < 1.29 is 9.53 Å². The van der Waals surface area contributed by atoms with Crippen molar-refractivity contribution in [1.29, 1.82) is 0 Å². The van der Waals surface area contributed by atoms with Gasteiger partial charge in [-0.05, 0) is 25.0 Å². The molecule has 0 aromatic carbocycles. The van der Waals surface area contributed by atoms with E-state index in [-0.39, 0.29) is 5.91 Å². The third-order valence-electron chi connectivity index (χ3n) is 2.46. The number of nitrogens with zero attached hydrogens (tertiary/aromatic N) is 1. The van der Waals surface area contributed by atoms with Crippen molar-refractivity contribution in [1.82, 2.24) is 10.3 Å². The van der Waals surface area contributed by atoms with Crippen molar-refractivity contribution in [2.24, 2.45) is 5.84 Å². The molecule has 0 aliphatic heterocycles. The predicted octanol–water partition coefficient (Wildman–Crippen LogP) is 0.696. The molecule has 0 unspecified atom stereocenters. The van der Waals surface area contributed by atoms with Gasteiger partial charge in [0, 0.05) is 31.5 Å². The molecule has 6 nitrogen and oxygen atoms in total. The van der Waals surface area contributed by atoms with E-state index in [1.165, 1.54) is 0 Å². The van der Waals surface area contributed by atoms with Crippen LogP contribution in [0.15, 0.2) is 12.1 Å². The van der Waals surface area contributed by atoms with Crippen LogP contribution in [0, 0.1) is 0 Å². The van der Waals surface area contributed by atoms with Crippen molar-refractivity contribution in [2.45, 2.75) is 19.8 Å². The fourth-order valence-electron chi connectivity index (χ4n) is 1.49. The summed E-state index contributed by atoms with van der Waals surface area (Å²) in [7, 11) is 1.64. The largest absolute Gasteiger partial charge is 0.385 e. The van der Waals surface area contributed by atoms with E-state index in [1.54, 1.807) is 19.2 Å². The fourth-order valence-corrected chi connectivity index (χ4v) is 1.49. The monoisotopic (exact) mass is 252 g/mol. The summed E-state index contributed by atoms with van der Waals surface area (Å²) in [4.78, 5) is 16.1. The number of carbonyl (C=O) groups is 1. The molecule has 0 aliphatic rings. The Kier molecular flexibility index (Phi) is 6.10. The number of nitrogens with one attached hydrogen (secondary N) is 2. The number of aromatic nitrogens is 1. The maximum atomic E-state index is 11.9. The lowest BCUT2D eigenvalue weighted by Gasteiger charge is -2.08. The minimum atomic E-state index is -0.125. The molecule has 0 aliphatic carbocycles. The van der Waals surface area contributed by atoms with Gasteiger partial charge < -0.3 is 15.5 Å². The van der Waals surface area contributed by atoms with Crippen LogP contribution in [-0.2, 0) is 11.2 Å². The molecule has 0 saturated heterocycles. The van der Waals surface area contributed by atoms with Crippen LogP contribution >= 0.6 is 0 Å². The second kappa shape index (κ2) is 7.62. The van der Waals surface area contributed by atoms with Gasteiger partial charge in [-0.15, -0.1) is 0 Å². The first-order chi connectivity index (χ1) is 8.71. The fraction of sp³-hybridized carbons (Fsp3) is 0.500. The Morgan fingerprint density at radius 1 is 1.50 bits per heavy atom. The van der Waals surface area contributed by atoms with Gasteiger partial charge >= 0.3 is 0 Å². The SMILES string of the molecule is CCc1cc(C(=O)NCCCOC)cc(NN)n1. The van der Waals surface area contributed by atoms with Crippen LogP contribution in [0.5, 0.6) is 0 Å². The quantitative estimate of drug-likeness (QED) is 0.377. The van der Waals surface area contributed by atoms with Gasteiger partial charge in [-0.1, -0.05) is 6.92 Å². The number of hydrazine groups is 1. The Morgan fingerprint density at radius 3 is 2.89 bits per heavy atom. The van der Waals surface area contributed by atoms with Crippen molar-refractivity contribution in [2.75, 3.05) is 25.7 Å². The minimum absolute atomic E-state index is 0.125. The molecular weight excluding hydrogens is 232 g/mol. The first-order valence-corrected chi connectivity index (χ1v) is 5.96. The van der Waals surface area contributed by atoms with Gasteiger partial charge in [0.05, 0.1) is 0 Å². The Bertz CT molecular complexity index is 373. The first-order valence-electron chi connectivity index (χ1n) is 5.96. The summed E-state index contributed by atoms with van der Waals surface area (Å²) in [6.07, 6.45) is 1.54. The minimum Gasteiger partial charge on any atom is -0.385 e. The highest BCUT2D eigenvalue weighted by Gasteiger charge is 2.08. The number of rotatable bonds is 7. The molecule has 4 N–H and O–H groups in total. The standard InChI is InChI=1S/C12H20N4O2/c1-3-10-7-9(8-11(15-10)16-13)12(17)14-5-4-6-18-2/h7-8H,3-6,13H2,1-2H3,(H,14,17)(H,15,16). The van der Waals surface area contributed by atoms with Crippen LogP contribution < -0.4 is 16.6 Å². The number of amides is 1. The summed E-state index contributed by atoms with van der Waals surface area (Å²) in [5.41, 5.74) is 3.85. The number of pyridine rings is 1. The number of nitrogen functional groups attached to an aromatic ring is 1. The lowest BCUT2D eigenvalue weighted by Crippen LogP contribution is -2.25. The van der Waals surface area contributed by atoms with Crippen molar-refractivity contribution >= 4 is 11.7 Å². The molecule has 1 aromatic heterocycles. The van der Waals surface area contributed by atoms with Gasteiger partial charge in [0.25, 0.3) is 5.91 Å². The van der Waals surface area contributed by atoms with E-state index in [1.807, 2.05) is 6.92 Å². The number of hydrogen-bond acceptors (Lipinski definition) is 5. The average molecular weight is 252 g/mol. The zero-order valence-corrected chi connectivity index (χ0v) is 10.8. The van der Waals surface area contributed by atoms with Crippen molar-refractivity contribution in [3.05, 3.63) is 23.4 Å². The highest BCUT2D eigenvalue weighted by molar-refractivity contribution is 5.94. The van der Waals surface area contributed by atoms with Crippen molar-refractivity contribution in [3.63, 3.8) is 0 Å². The predicted molar refractivity (Wildman–Crippen MR) is 70.3 cm³/mol. The normalized spacial score (nSPS) is 10.2. The van der Waals surface area contributed by atoms with E-state index in [4.69, 9.17) is 10.6 Å². The van der Waals surface area contributed by atoms with Gasteiger partial charge in [0.2, 0.25) is 0 Å². The maximum Gasteiger partial charge on any atom is 0.251 e. The molecule has 100 valence electrons. The van der Waals surface area contributed by atoms with Gasteiger partial charge in [-0.25, -0.2) is 10.8 Å². The number of hydrogen-bond donors (Lipinski definition) is 3. The van der Waals surface area contributed by atoms with Crippen LogP contribution in [0.3, 0.4) is 0 Å². The molecule has 0 atom stereocenters. The third kappa shape index (κ3) is 4.31. The number of carbonyl (C=O) groups excluding carboxylic acids is 1. The Labute approximate surface area is 107 Å². The smallest absolute Gasteiger partial charge is 0.251 e. The molecule has 0 spiro atoms. The molecule has 1 rings (SSSR count). The Hall–Kier alpha value is -1.66. The molecule has 0 saturated carbocycles. The summed E-state index contributed by atoms with van der Waals surface area (Å²) in [6.45, 7) is 3.19. The molecular formula is C12H20N4O2. The van der Waals surface area contributed by atoms with E-state index < -0.39 is 0 Å². The summed E-state index contributed by atoms with van der Waals surface area (Å²) < 4.78 is 4.91. The zero-order valence-electron chi connectivity index (χ0n) is 10.8. The third-order valence-corrected chi connectivity index (χ3v) is 2.46.